The molecule has 3 heteroatoms. The summed E-state index contributed by atoms with van der Waals surface area (Å²) in [6.45, 7) is 6.33. The minimum atomic E-state index is 0.649. The number of halogens is 1. The van der Waals surface area contributed by atoms with E-state index in [1.165, 1.54) is 10.5 Å². The summed E-state index contributed by atoms with van der Waals surface area (Å²) in [5.74, 6) is 0.684. The van der Waals surface area contributed by atoms with Gasteiger partial charge in [-0.1, -0.05) is 26.0 Å². The second-order valence-electron chi connectivity index (χ2n) is 4.00. The van der Waals surface area contributed by atoms with Crippen LogP contribution in [0, 0.1) is 0 Å². The molecule has 16 heavy (non-hydrogen) atoms. The number of hydrogen-bond donors (Lipinski definition) is 1. The molecule has 0 heterocycles. The van der Waals surface area contributed by atoms with Crippen LogP contribution < -0.4 is 5.32 Å². The van der Waals surface area contributed by atoms with Gasteiger partial charge in [0.25, 0.3) is 0 Å². The largest absolute Gasteiger partial charge is 0.315 e. The smallest absolute Gasteiger partial charge is 0.0348 e. The predicted octanol–water partition coefficient (Wildman–Crippen LogP) is 3.56. The molecule has 0 spiro atoms. The summed E-state index contributed by atoms with van der Waals surface area (Å²) in [5.41, 5.74) is 1.38. The lowest BCUT2D eigenvalue weighted by molar-refractivity contribution is 0.719. The molecule has 1 nitrogen and oxygen atoms in total. The Bertz CT molecular complexity index is 284. The van der Waals surface area contributed by atoms with Crippen molar-refractivity contribution < 1.29 is 0 Å². The Labute approximate surface area is 108 Å². The van der Waals surface area contributed by atoms with Crippen molar-refractivity contribution in [1.29, 1.82) is 0 Å². The van der Waals surface area contributed by atoms with Gasteiger partial charge in [0.05, 0.1) is 0 Å². The Morgan fingerprint density at radius 3 is 2.44 bits per heavy atom. The van der Waals surface area contributed by atoms with E-state index in [0.717, 1.165) is 19.5 Å². The van der Waals surface area contributed by atoms with Crippen LogP contribution in [-0.2, 0) is 6.42 Å². The van der Waals surface area contributed by atoms with Crippen molar-refractivity contribution in [1.82, 2.24) is 5.32 Å². The van der Waals surface area contributed by atoms with Crippen molar-refractivity contribution >= 4 is 23.4 Å². The van der Waals surface area contributed by atoms with Crippen LogP contribution in [0.5, 0.6) is 0 Å². The maximum Gasteiger partial charge on any atom is 0.0348 e. The molecule has 1 aromatic rings. The minimum absolute atomic E-state index is 0.649. The molecular formula is C13H20ClNS. The molecule has 0 aliphatic rings. The molecule has 0 unspecified atom stereocenters. The van der Waals surface area contributed by atoms with Crippen molar-refractivity contribution in [2.45, 2.75) is 30.4 Å². The molecule has 0 aromatic heterocycles. The first-order valence-corrected chi connectivity index (χ1v) is 7.16. The lowest BCUT2D eigenvalue weighted by Gasteiger charge is -2.06. The highest BCUT2D eigenvalue weighted by Gasteiger charge is 1.98. The number of hydrogen-bond acceptors (Lipinski definition) is 2. The van der Waals surface area contributed by atoms with Gasteiger partial charge < -0.3 is 5.32 Å². The number of nitrogens with one attached hydrogen (secondary N) is 1. The molecule has 0 bridgehead atoms. The quantitative estimate of drug-likeness (QED) is 0.455. The SMILES string of the molecule is CC(C)Sc1ccc(CCNCCCl)cc1. The summed E-state index contributed by atoms with van der Waals surface area (Å²) < 4.78 is 0. The van der Waals surface area contributed by atoms with Crippen molar-refractivity contribution in [3.63, 3.8) is 0 Å². The number of benzene rings is 1. The summed E-state index contributed by atoms with van der Waals surface area (Å²) in [7, 11) is 0. The fraction of sp³-hybridized carbons (Fsp3) is 0.538. The molecule has 1 rings (SSSR count). The second-order valence-corrected chi connectivity index (χ2v) is 6.03. The normalized spacial score (nSPS) is 11.0. The van der Waals surface area contributed by atoms with Crippen LogP contribution in [0.4, 0.5) is 0 Å². The van der Waals surface area contributed by atoms with Crippen LogP contribution in [0.1, 0.15) is 19.4 Å². The molecule has 1 N–H and O–H groups in total. The Balaban J connectivity index is 2.33. The zero-order chi connectivity index (χ0) is 11.8. The summed E-state index contributed by atoms with van der Waals surface area (Å²) in [4.78, 5) is 1.35. The van der Waals surface area contributed by atoms with Crippen molar-refractivity contribution in [3.05, 3.63) is 29.8 Å². The van der Waals surface area contributed by atoms with E-state index in [4.69, 9.17) is 11.6 Å². The predicted molar refractivity (Wildman–Crippen MR) is 74.7 cm³/mol. The van der Waals surface area contributed by atoms with Crippen molar-refractivity contribution in [3.8, 4) is 0 Å². The highest BCUT2D eigenvalue weighted by molar-refractivity contribution is 7.99. The van der Waals surface area contributed by atoms with Gasteiger partial charge in [0, 0.05) is 22.6 Å². The summed E-state index contributed by atoms with van der Waals surface area (Å²) >= 11 is 7.49. The van der Waals surface area contributed by atoms with Crippen LogP contribution in [0.25, 0.3) is 0 Å². The Morgan fingerprint density at radius 2 is 1.88 bits per heavy atom. The first-order chi connectivity index (χ1) is 7.72. The van der Waals surface area contributed by atoms with E-state index in [1.54, 1.807) is 0 Å². The van der Waals surface area contributed by atoms with Crippen LogP contribution in [0.15, 0.2) is 29.2 Å². The van der Waals surface area contributed by atoms with Gasteiger partial charge in [-0.05, 0) is 30.7 Å². The van der Waals surface area contributed by atoms with E-state index < -0.39 is 0 Å². The fourth-order valence-corrected chi connectivity index (χ4v) is 2.40. The first-order valence-electron chi connectivity index (χ1n) is 5.74. The van der Waals surface area contributed by atoms with Crippen molar-refractivity contribution in [2.75, 3.05) is 19.0 Å². The fourth-order valence-electron chi connectivity index (χ4n) is 1.43. The molecule has 90 valence electrons. The van der Waals surface area contributed by atoms with Gasteiger partial charge in [-0.15, -0.1) is 23.4 Å². The molecule has 0 saturated heterocycles. The maximum absolute atomic E-state index is 5.59. The third kappa shape index (κ3) is 5.78. The van der Waals surface area contributed by atoms with E-state index in [-0.39, 0.29) is 0 Å². The molecule has 0 radical (unpaired) electrons. The third-order valence-electron chi connectivity index (χ3n) is 2.16. The first kappa shape index (κ1) is 13.9. The molecule has 0 atom stereocenters. The lowest BCUT2D eigenvalue weighted by Crippen LogP contribution is -2.19. The van der Waals surface area contributed by atoms with E-state index in [0.29, 0.717) is 11.1 Å². The molecule has 0 fully saturated rings. The molecule has 1 aromatic carbocycles. The average Bonchev–Trinajstić information content (AvgIpc) is 2.26. The van der Waals surface area contributed by atoms with Gasteiger partial charge in [0.15, 0.2) is 0 Å². The topological polar surface area (TPSA) is 12.0 Å². The van der Waals surface area contributed by atoms with Crippen molar-refractivity contribution in [2.24, 2.45) is 0 Å². The van der Waals surface area contributed by atoms with E-state index >= 15 is 0 Å². The summed E-state index contributed by atoms with van der Waals surface area (Å²) in [6, 6.07) is 8.85. The van der Waals surface area contributed by atoms with E-state index in [1.807, 2.05) is 11.8 Å². The van der Waals surface area contributed by atoms with Gasteiger partial charge in [0.1, 0.15) is 0 Å². The molecule has 0 amide bonds. The van der Waals surface area contributed by atoms with E-state index in [2.05, 4.69) is 43.4 Å². The zero-order valence-electron chi connectivity index (χ0n) is 10.0. The van der Waals surface area contributed by atoms with E-state index in [9.17, 15) is 0 Å². The second kappa shape index (κ2) is 7.99. The van der Waals surface area contributed by atoms with Gasteiger partial charge in [-0.2, -0.15) is 0 Å². The standard InChI is InChI=1S/C13H20ClNS/c1-11(2)16-13-5-3-12(4-6-13)7-9-15-10-8-14/h3-6,11,15H,7-10H2,1-2H3. The minimum Gasteiger partial charge on any atom is -0.315 e. The monoisotopic (exact) mass is 257 g/mol. The Hall–Kier alpha value is -0.180. The van der Waals surface area contributed by atoms with Crippen LogP contribution in [0.2, 0.25) is 0 Å². The number of thioether (sulfide) groups is 1. The molecule has 0 aliphatic carbocycles. The lowest BCUT2D eigenvalue weighted by atomic mass is 10.1. The van der Waals surface area contributed by atoms with Gasteiger partial charge in [-0.3, -0.25) is 0 Å². The molecular weight excluding hydrogens is 238 g/mol. The van der Waals surface area contributed by atoms with Crippen LogP contribution in [0.3, 0.4) is 0 Å². The molecule has 0 saturated carbocycles. The third-order valence-corrected chi connectivity index (χ3v) is 3.36. The van der Waals surface area contributed by atoms with Crippen LogP contribution in [-0.4, -0.2) is 24.2 Å². The van der Waals surface area contributed by atoms with Gasteiger partial charge in [-0.25, -0.2) is 0 Å². The number of rotatable bonds is 7. The highest BCUT2D eigenvalue weighted by Crippen LogP contribution is 2.22. The molecule has 0 aliphatic heterocycles. The Morgan fingerprint density at radius 1 is 1.19 bits per heavy atom. The highest BCUT2D eigenvalue weighted by atomic mass is 35.5. The van der Waals surface area contributed by atoms with Crippen LogP contribution >= 0.6 is 23.4 Å². The maximum atomic E-state index is 5.59. The van der Waals surface area contributed by atoms with Gasteiger partial charge in [0.2, 0.25) is 0 Å². The summed E-state index contributed by atoms with van der Waals surface area (Å²) in [6.07, 6.45) is 1.07. The summed E-state index contributed by atoms with van der Waals surface area (Å²) in [5, 5.41) is 3.94. The average molecular weight is 258 g/mol. The number of alkyl halides is 1. The zero-order valence-corrected chi connectivity index (χ0v) is 11.6. The Kier molecular flexibility index (Phi) is 6.93. The van der Waals surface area contributed by atoms with Gasteiger partial charge >= 0.3 is 0 Å².